The second kappa shape index (κ2) is 2.71. The number of hydrogen-bond acceptors (Lipinski definition) is 4. The highest BCUT2D eigenvalue weighted by molar-refractivity contribution is 5.77. The van der Waals surface area contributed by atoms with E-state index in [0.29, 0.717) is 6.04 Å². The summed E-state index contributed by atoms with van der Waals surface area (Å²) in [6, 6.07) is 0.0397. The van der Waals surface area contributed by atoms with Crippen molar-refractivity contribution in [1.29, 1.82) is 0 Å². The molecule has 0 aromatic carbocycles. The number of piperidine rings is 1. The molecule has 68 valence electrons. The van der Waals surface area contributed by atoms with Crippen LogP contribution in [0.15, 0.2) is 0 Å². The summed E-state index contributed by atoms with van der Waals surface area (Å²) < 4.78 is 4.62. The van der Waals surface area contributed by atoms with Crippen molar-refractivity contribution in [2.75, 3.05) is 7.11 Å². The minimum atomic E-state index is -0.319. The van der Waals surface area contributed by atoms with E-state index in [1.54, 1.807) is 0 Å². The average molecular weight is 171 g/mol. The van der Waals surface area contributed by atoms with Crippen LogP contribution in [0.3, 0.4) is 0 Å². The fourth-order valence-corrected chi connectivity index (χ4v) is 2.29. The van der Waals surface area contributed by atoms with Crippen molar-refractivity contribution in [2.24, 2.45) is 5.92 Å². The molecule has 1 heterocycles. The number of carbonyl (C=O) groups excluding carboxylic acids is 1. The van der Waals surface area contributed by atoms with Crippen LogP contribution >= 0.6 is 0 Å². The van der Waals surface area contributed by atoms with Crippen LogP contribution in [0, 0.1) is 5.92 Å². The predicted octanol–water partition coefficient (Wildman–Crippen LogP) is -0.729. The van der Waals surface area contributed by atoms with E-state index in [2.05, 4.69) is 10.1 Å². The molecule has 2 rings (SSSR count). The van der Waals surface area contributed by atoms with Gasteiger partial charge in [-0.1, -0.05) is 0 Å². The van der Waals surface area contributed by atoms with Crippen molar-refractivity contribution >= 4 is 5.97 Å². The summed E-state index contributed by atoms with van der Waals surface area (Å²) in [4.78, 5) is 11.2. The van der Waals surface area contributed by atoms with Gasteiger partial charge in [-0.3, -0.25) is 4.79 Å². The zero-order chi connectivity index (χ0) is 8.72. The molecule has 0 unspecified atom stereocenters. The fraction of sp³-hybridized carbons (Fsp3) is 0.875. The Balaban J connectivity index is 2.07. The van der Waals surface area contributed by atoms with E-state index in [4.69, 9.17) is 0 Å². The smallest absolute Gasteiger partial charge is 0.323 e. The zero-order valence-corrected chi connectivity index (χ0v) is 6.99. The first-order valence-corrected chi connectivity index (χ1v) is 4.24. The molecule has 1 aliphatic carbocycles. The molecule has 0 aromatic rings. The van der Waals surface area contributed by atoms with Gasteiger partial charge >= 0.3 is 5.97 Å². The maximum atomic E-state index is 11.2. The molecule has 2 bridgehead atoms. The Morgan fingerprint density at radius 3 is 2.83 bits per heavy atom. The maximum Gasteiger partial charge on any atom is 0.323 e. The third-order valence-corrected chi connectivity index (χ3v) is 2.88. The van der Waals surface area contributed by atoms with Crippen LogP contribution < -0.4 is 5.32 Å². The summed E-state index contributed by atoms with van der Waals surface area (Å²) in [5.74, 6) is -0.177. The number of aliphatic hydroxyl groups excluding tert-OH is 1. The van der Waals surface area contributed by atoms with Gasteiger partial charge in [0, 0.05) is 12.0 Å². The van der Waals surface area contributed by atoms with Gasteiger partial charge < -0.3 is 15.2 Å². The van der Waals surface area contributed by atoms with Gasteiger partial charge in [-0.05, 0) is 12.8 Å². The van der Waals surface area contributed by atoms with Crippen molar-refractivity contribution in [3.05, 3.63) is 0 Å². The Bertz CT molecular complexity index is 206. The second-order valence-electron chi connectivity index (χ2n) is 3.57. The van der Waals surface area contributed by atoms with E-state index in [9.17, 15) is 9.90 Å². The standard InChI is InChI=1S/C8H13NO3/c1-12-8(11)7-5-2-4(9-7)3-6(5)10/h4-7,9-10H,2-3H2,1H3/t4-,5+,6+,7-/m1/s1. The molecule has 0 amide bonds. The number of ether oxygens (including phenoxy) is 1. The monoisotopic (exact) mass is 171 g/mol. The topological polar surface area (TPSA) is 58.6 Å². The number of aliphatic hydroxyl groups is 1. The largest absolute Gasteiger partial charge is 0.468 e. The SMILES string of the molecule is COC(=O)[C@@H]1N[C@@H]2C[C@H]1[C@@H](O)C2. The van der Waals surface area contributed by atoms with E-state index >= 15 is 0 Å². The highest BCUT2D eigenvalue weighted by Crippen LogP contribution is 2.35. The molecule has 4 heteroatoms. The van der Waals surface area contributed by atoms with Crippen LogP contribution in [0.4, 0.5) is 0 Å². The van der Waals surface area contributed by atoms with Crippen molar-refractivity contribution in [2.45, 2.75) is 31.0 Å². The van der Waals surface area contributed by atoms with Gasteiger partial charge in [0.1, 0.15) is 6.04 Å². The molecule has 1 aliphatic heterocycles. The van der Waals surface area contributed by atoms with Gasteiger partial charge in [-0.2, -0.15) is 0 Å². The predicted molar refractivity (Wildman–Crippen MR) is 41.5 cm³/mol. The van der Waals surface area contributed by atoms with Crippen LogP contribution in [-0.4, -0.2) is 36.4 Å². The van der Waals surface area contributed by atoms with Crippen LogP contribution in [0.5, 0.6) is 0 Å². The molecule has 0 radical (unpaired) electrons. The lowest BCUT2D eigenvalue weighted by molar-refractivity contribution is -0.145. The van der Waals surface area contributed by atoms with Crippen LogP contribution in [0.25, 0.3) is 0 Å². The van der Waals surface area contributed by atoms with Crippen LogP contribution in [0.2, 0.25) is 0 Å². The Morgan fingerprint density at radius 2 is 2.33 bits per heavy atom. The molecule has 1 saturated heterocycles. The Hall–Kier alpha value is -0.610. The third-order valence-electron chi connectivity index (χ3n) is 2.88. The van der Waals surface area contributed by atoms with Crippen molar-refractivity contribution in [3.8, 4) is 0 Å². The zero-order valence-electron chi connectivity index (χ0n) is 6.99. The Kier molecular flexibility index (Phi) is 1.81. The summed E-state index contributed by atoms with van der Waals surface area (Å²) >= 11 is 0. The summed E-state index contributed by atoms with van der Waals surface area (Å²) in [5, 5.41) is 12.6. The normalized spacial score (nSPS) is 44.8. The van der Waals surface area contributed by atoms with E-state index in [1.807, 2.05) is 0 Å². The number of methoxy groups -OCH3 is 1. The van der Waals surface area contributed by atoms with Crippen molar-refractivity contribution in [3.63, 3.8) is 0 Å². The molecule has 2 N–H and O–H groups in total. The highest BCUT2D eigenvalue weighted by atomic mass is 16.5. The minimum Gasteiger partial charge on any atom is -0.468 e. The number of rotatable bonds is 1. The molecule has 0 spiro atoms. The van der Waals surface area contributed by atoms with Gasteiger partial charge in [-0.25, -0.2) is 0 Å². The average Bonchev–Trinajstić information content (AvgIpc) is 2.60. The molecule has 2 aliphatic rings. The molecular weight excluding hydrogens is 158 g/mol. The Morgan fingerprint density at radius 1 is 1.58 bits per heavy atom. The first kappa shape index (κ1) is 8.01. The molecule has 1 saturated carbocycles. The van der Waals surface area contributed by atoms with Crippen molar-refractivity contribution in [1.82, 2.24) is 5.32 Å². The van der Waals surface area contributed by atoms with E-state index in [0.717, 1.165) is 12.8 Å². The van der Waals surface area contributed by atoms with Gasteiger partial charge in [0.25, 0.3) is 0 Å². The lowest BCUT2D eigenvalue weighted by Gasteiger charge is -2.24. The fourth-order valence-electron chi connectivity index (χ4n) is 2.29. The van der Waals surface area contributed by atoms with Crippen LogP contribution in [0.1, 0.15) is 12.8 Å². The Labute approximate surface area is 70.9 Å². The van der Waals surface area contributed by atoms with Crippen LogP contribution in [-0.2, 0) is 9.53 Å². The lowest BCUT2D eigenvalue weighted by Crippen LogP contribution is -2.47. The third kappa shape index (κ3) is 1.03. The van der Waals surface area contributed by atoms with Gasteiger partial charge in [0.15, 0.2) is 0 Å². The summed E-state index contributed by atoms with van der Waals surface area (Å²) in [6.07, 6.45) is 1.36. The highest BCUT2D eigenvalue weighted by Gasteiger charge is 2.48. The quantitative estimate of drug-likeness (QED) is 0.511. The van der Waals surface area contributed by atoms with E-state index in [-0.39, 0.29) is 24.0 Å². The number of carbonyl (C=O) groups is 1. The molecule has 12 heavy (non-hydrogen) atoms. The number of hydrogen-bond donors (Lipinski definition) is 2. The van der Waals surface area contributed by atoms with Gasteiger partial charge in [0.2, 0.25) is 0 Å². The maximum absolute atomic E-state index is 11.2. The summed E-state index contributed by atoms with van der Waals surface area (Å²) in [7, 11) is 1.38. The summed E-state index contributed by atoms with van der Waals surface area (Å²) in [5.41, 5.74) is 0. The molecular formula is C8H13NO3. The first-order valence-electron chi connectivity index (χ1n) is 4.24. The lowest BCUT2D eigenvalue weighted by atomic mass is 9.97. The number of nitrogens with one attached hydrogen (secondary N) is 1. The number of esters is 1. The molecule has 4 nitrogen and oxygen atoms in total. The summed E-state index contributed by atoms with van der Waals surface area (Å²) in [6.45, 7) is 0. The minimum absolute atomic E-state index is 0.0717. The van der Waals surface area contributed by atoms with Gasteiger partial charge in [-0.15, -0.1) is 0 Å². The van der Waals surface area contributed by atoms with E-state index in [1.165, 1.54) is 7.11 Å². The molecule has 4 atom stereocenters. The van der Waals surface area contributed by atoms with Gasteiger partial charge in [0.05, 0.1) is 13.2 Å². The number of fused-ring (bicyclic) bond motifs is 2. The van der Waals surface area contributed by atoms with E-state index < -0.39 is 0 Å². The molecule has 2 fully saturated rings. The van der Waals surface area contributed by atoms with Crippen molar-refractivity contribution < 1.29 is 14.6 Å². The first-order chi connectivity index (χ1) is 5.72. The second-order valence-corrected chi connectivity index (χ2v) is 3.57. The molecule has 0 aromatic heterocycles.